The Morgan fingerprint density at radius 2 is 2.44 bits per heavy atom. The predicted molar refractivity (Wildman–Crippen MR) is 68.1 cm³/mol. The van der Waals surface area contributed by atoms with Crippen LogP contribution < -0.4 is 15.5 Å². The summed E-state index contributed by atoms with van der Waals surface area (Å²) in [6.45, 7) is 2.13. The molecule has 0 amide bonds. The van der Waals surface area contributed by atoms with Gasteiger partial charge in [0.15, 0.2) is 5.82 Å². The van der Waals surface area contributed by atoms with Crippen molar-refractivity contribution < 1.29 is 0 Å². The number of aromatic nitrogens is 1. The van der Waals surface area contributed by atoms with E-state index < -0.39 is 0 Å². The van der Waals surface area contributed by atoms with E-state index in [1.165, 1.54) is 12.8 Å². The second kappa shape index (κ2) is 5.16. The molecule has 2 N–H and O–H groups in total. The lowest BCUT2D eigenvalue weighted by Gasteiger charge is -2.18. The molecule has 1 aliphatic heterocycles. The molecule has 0 saturated carbocycles. The van der Waals surface area contributed by atoms with Gasteiger partial charge in [0.1, 0.15) is 0 Å². The summed E-state index contributed by atoms with van der Waals surface area (Å²) in [5.74, 6) is 1.00. The van der Waals surface area contributed by atoms with E-state index in [1.54, 1.807) is 0 Å². The van der Waals surface area contributed by atoms with Crippen LogP contribution in [0.25, 0.3) is 0 Å². The molecular formula is C12H20N4. The Bertz CT molecular complexity index is 332. The average Bonchev–Trinajstić information content (AvgIpc) is 2.79. The third kappa shape index (κ3) is 2.64. The van der Waals surface area contributed by atoms with Gasteiger partial charge < -0.3 is 15.5 Å². The minimum absolute atomic E-state index is 0.607. The van der Waals surface area contributed by atoms with E-state index in [0.717, 1.165) is 24.6 Å². The fourth-order valence-corrected chi connectivity index (χ4v) is 2.06. The van der Waals surface area contributed by atoms with Crippen LogP contribution in [0.15, 0.2) is 18.3 Å². The Balaban J connectivity index is 1.97. The molecule has 4 nitrogen and oxygen atoms in total. The van der Waals surface area contributed by atoms with Crippen molar-refractivity contribution >= 4 is 11.5 Å². The lowest BCUT2D eigenvalue weighted by atomic mass is 10.2. The highest BCUT2D eigenvalue weighted by molar-refractivity contribution is 5.64. The van der Waals surface area contributed by atoms with Crippen molar-refractivity contribution in [3.8, 4) is 0 Å². The SMILES string of the molecule is CN(C)c1ncccc1NCC1CCCN1. The van der Waals surface area contributed by atoms with Crippen molar-refractivity contribution in [2.24, 2.45) is 0 Å². The van der Waals surface area contributed by atoms with Crippen LogP contribution in [0.2, 0.25) is 0 Å². The first-order valence-electron chi connectivity index (χ1n) is 5.87. The minimum Gasteiger partial charge on any atom is -0.380 e. The van der Waals surface area contributed by atoms with E-state index in [4.69, 9.17) is 0 Å². The molecule has 1 saturated heterocycles. The van der Waals surface area contributed by atoms with Crippen molar-refractivity contribution in [3.05, 3.63) is 18.3 Å². The Kier molecular flexibility index (Phi) is 3.62. The lowest BCUT2D eigenvalue weighted by molar-refractivity contribution is 0.633. The standard InChI is InChI=1S/C12H20N4/c1-16(2)12-11(6-4-8-14-12)15-9-10-5-3-7-13-10/h4,6,8,10,13,15H,3,5,7,9H2,1-2H3. The van der Waals surface area contributed by atoms with Crippen LogP contribution in [-0.2, 0) is 0 Å². The summed E-state index contributed by atoms with van der Waals surface area (Å²) in [6.07, 6.45) is 4.39. The van der Waals surface area contributed by atoms with Crippen molar-refractivity contribution in [1.29, 1.82) is 0 Å². The van der Waals surface area contributed by atoms with E-state index in [-0.39, 0.29) is 0 Å². The Hall–Kier alpha value is -1.29. The smallest absolute Gasteiger partial charge is 0.151 e. The van der Waals surface area contributed by atoms with E-state index in [1.807, 2.05) is 31.3 Å². The van der Waals surface area contributed by atoms with Gasteiger partial charge in [-0.2, -0.15) is 0 Å². The van der Waals surface area contributed by atoms with Crippen LogP contribution >= 0.6 is 0 Å². The maximum absolute atomic E-state index is 4.37. The number of hydrogen-bond donors (Lipinski definition) is 2. The van der Waals surface area contributed by atoms with Gasteiger partial charge in [0.05, 0.1) is 5.69 Å². The number of hydrogen-bond acceptors (Lipinski definition) is 4. The van der Waals surface area contributed by atoms with Gasteiger partial charge in [-0.25, -0.2) is 4.98 Å². The fraction of sp³-hybridized carbons (Fsp3) is 0.583. The molecule has 0 aromatic carbocycles. The summed E-state index contributed by atoms with van der Waals surface area (Å²) in [5, 5.41) is 6.95. The minimum atomic E-state index is 0.607. The second-order valence-corrected chi connectivity index (χ2v) is 4.44. The normalized spacial score (nSPS) is 19.8. The van der Waals surface area contributed by atoms with Crippen LogP contribution in [0.1, 0.15) is 12.8 Å². The zero-order chi connectivity index (χ0) is 11.4. The average molecular weight is 220 g/mol. The van der Waals surface area contributed by atoms with Gasteiger partial charge in [-0.05, 0) is 31.5 Å². The van der Waals surface area contributed by atoms with Crippen LogP contribution in [-0.4, -0.2) is 38.2 Å². The highest BCUT2D eigenvalue weighted by atomic mass is 15.2. The molecule has 16 heavy (non-hydrogen) atoms. The summed E-state index contributed by atoms with van der Waals surface area (Å²) < 4.78 is 0. The first-order chi connectivity index (χ1) is 7.77. The number of pyridine rings is 1. The third-order valence-corrected chi connectivity index (χ3v) is 2.91. The summed E-state index contributed by atoms with van der Waals surface area (Å²) in [5.41, 5.74) is 1.11. The lowest BCUT2D eigenvalue weighted by Crippen LogP contribution is -2.29. The maximum Gasteiger partial charge on any atom is 0.151 e. The molecule has 0 radical (unpaired) electrons. The number of anilines is 2. The predicted octanol–water partition coefficient (Wildman–Crippen LogP) is 1.31. The second-order valence-electron chi connectivity index (χ2n) is 4.44. The topological polar surface area (TPSA) is 40.2 Å². The van der Waals surface area contributed by atoms with Gasteiger partial charge in [-0.1, -0.05) is 0 Å². The molecule has 0 aliphatic carbocycles. The van der Waals surface area contributed by atoms with Crippen LogP contribution in [0.5, 0.6) is 0 Å². The van der Waals surface area contributed by atoms with Gasteiger partial charge in [-0.15, -0.1) is 0 Å². The van der Waals surface area contributed by atoms with Gasteiger partial charge >= 0.3 is 0 Å². The molecule has 1 aromatic rings. The van der Waals surface area contributed by atoms with Gasteiger partial charge in [0.2, 0.25) is 0 Å². The van der Waals surface area contributed by atoms with E-state index in [0.29, 0.717) is 6.04 Å². The molecule has 1 atom stereocenters. The highest BCUT2D eigenvalue weighted by Gasteiger charge is 2.14. The maximum atomic E-state index is 4.37. The van der Waals surface area contributed by atoms with Gasteiger partial charge in [0.25, 0.3) is 0 Å². The van der Waals surface area contributed by atoms with E-state index >= 15 is 0 Å². The molecule has 1 aromatic heterocycles. The number of rotatable bonds is 4. The molecule has 4 heteroatoms. The van der Waals surface area contributed by atoms with Crippen molar-refractivity contribution in [2.75, 3.05) is 37.4 Å². The van der Waals surface area contributed by atoms with Crippen molar-refractivity contribution in [2.45, 2.75) is 18.9 Å². The Morgan fingerprint density at radius 1 is 1.56 bits per heavy atom. The summed E-state index contributed by atoms with van der Waals surface area (Å²) in [4.78, 5) is 6.40. The highest BCUT2D eigenvalue weighted by Crippen LogP contribution is 2.20. The van der Waals surface area contributed by atoms with E-state index in [2.05, 4.69) is 21.7 Å². The van der Waals surface area contributed by atoms with E-state index in [9.17, 15) is 0 Å². The molecule has 0 bridgehead atoms. The Morgan fingerprint density at radius 3 is 3.12 bits per heavy atom. The molecular weight excluding hydrogens is 200 g/mol. The largest absolute Gasteiger partial charge is 0.380 e. The third-order valence-electron chi connectivity index (χ3n) is 2.91. The molecule has 0 spiro atoms. The number of nitrogens with one attached hydrogen (secondary N) is 2. The summed E-state index contributed by atoms with van der Waals surface area (Å²) in [7, 11) is 4.03. The fourth-order valence-electron chi connectivity index (χ4n) is 2.06. The molecule has 2 heterocycles. The molecule has 1 fully saturated rings. The summed E-state index contributed by atoms with van der Waals surface area (Å²) in [6, 6.07) is 4.66. The van der Waals surface area contributed by atoms with Crippen LogP contribution in [0.3, 0.4) is 0 Å². The monoisotopic (exact) mass is 220 g/mol. The quantitative estimate of drug-likeness (QED) is 0.802. The van der Waals surface area contributed by atoms with Gasteiger partial charge in [-0.3, -0.25) is 0 Å². The van der Waals surface area contributed by atoms with Crippen LogP contribution in [0, 0.1) is 0 Å². The Labute approximate surface area is 97.1 Å². The van der Waals surface area contributed by atoms with Gasteiger partial charge in [0, 0.05) is 32.9 Å². The van der Waals surface area contributed by atoms with Crippen LogP contribution in [0.4, 0.5) is 11.5 Å². The molecule has 1 unspecified atom stereocenters. The first kappa shape index (κ1) is 11.2. The summed E-state index contributed by atoms with van der Waals surface area (Å²) >= 11 is 0. The van der Waals surface area contributed by atoms with Crippen molar-refractivity contribution in [3.63, 3.8) is 0 Å². The zero-order valence-electron chi connectivity index (χ0n) is 10.0. The molecule has 1 aliphatic rings. The zero-order valence-corrected chi connectivity index (χ0v) is 10.0. The van der Waals surface area contributed by atoms with Crippen molar-refractivity contribution in [1.82, 2.24) is 10.3 Å². The number of nitrogens with zero attached hydrogens (tertiary/aromatic N) is 2. The molecule has 2 rings (SSSR count). The first-order valence-corrected chi connectivity index (χ1v) is 5.87. The molecule has 88 valence electrons.